The predicted octanol–water partition coefficient (Wildman–Crippen LogP) is 4.10. The molecule has 1 fully saturated rings. The highest BCUT2D eigenvalue weighted by Gasteiger charge is 2.23. The van der Waals surface area contributed by atoms with Gasteiger partial charge in [-0.05, 0) is 48.9 Å². The summed E-state index contributed by atoms with van der Waals surface area (Å²) < 4.78 is 0. The monoisotopic (exact) mass is 372 g/mol. The van der Waals surface area contributed by atoms with E-state index in [0.29, 0.717) is 18.8 Å². The Labute approximate surface area is 165 Å². The highest BCUT2D eigenvalue weighted by Crippen LogP contribution is 2.19. The van der Waals surface area contributed by atoms with Crippen molar-refractivity contribution in [3.8, 4) is 0 Å². The number of piperazine rings is 1. The van der Waals surface area contributed by atoms with E-state index in [1.807, 2.05) is 41.3 Å². The van der Waals surface area contributed by atoms with Crippen LogP contribution in [0.4, 0.5) is 17.1 Å². The summed E-state index contributed by atoms with van der Waals surface area (Å²) in [6, 6.07) is 22.1. The molecule has 0 unspecified atom stereocenters. The fraction of sp³-hybridized carbons (Fsp3) is 0.217. The molecule has 0 bridgehead atoms. The molecule has 28 heavy (non-hydrogen) atoms. The third-order valence-corrected chi connectivity index (χ3v) is 4.98. The molecule has 5 heteroatoms. The number of anilines is 3. The van der Waals surface area contributed by atoms with E-state index in [1.54, 1.807) is 12.3 Å². The molecule has 0 saturated carbocycles. The number of carbonyl (C=O) groups is 1. The van der Waals surface area contributed by atoms with E-state index in [-0.39, 0.29) is 5.91 Å². The Morgan fingerprint density at radius 1 is 0.893 bits per heavy atom. The zero-order valence-electron chi connectivity index (χ0n) is 16.0. The lowest BCUT2D eigenvalue weighted by Gasteiger charge is -2.36. The van der Waals surface area contributed by atoms with Crippen molar-refractivity contribution in [2.75, 3.05) is 36.4 Å². The average molecular weight is 372 g/mol. The first-order valence-corrected chi connectivity index (χ1v) is 9.58. The van der Waals surface area contributed by atoms with E-state index in [4.69, 9.17) is 0 Å². The van der Waals surface area contributed by atoms with Crippen molar-refractivity contribution in [3.05, 3.63) is 84.2 Å². The largest absolute Gasteiger partial charge is 0.368 e. The third-order valence-electron chi connectivity index (χ3n) is 4.98. The highest BCUT2D eigenvalue weighted by molar-refractivity contribution is 5.92. The van der Waals surface area contributed by atoms with E-state index < -0.39 is 0 Å². The number of hydrogen-bond donors (Lipinski definition) is 1. The molecule has 0 radical (unpaired) electrons. The summed E-state index contributed by atoms with van der Waals surface area (Å²) in [5, 5.41) is 3.28. The molecule has 0 atom stereocenters. The van der Waals surface area contributed by atoms with Crippen LogP contribution in [0.3, 0.4) is 0 Å². The molecule has 4 rings (SSSR count). The van der Waals surface area contributed by atoms with Crippen molar-refractivity contribution in [1.29, 1.82) is 0 Å². The highest BCUT2D eigenvalue weighted by atomic mass is 16.2. The SMILES string of the molecule is Cc1cccc(N2CCN(C(=O)c3ccc(Nc4ccccc4)cn3)CC2)c1. The molecule has 0 spiro atoms. The van der Waals surface area contributed by atoms with E-state index in [2.05, 4.69) is 46.4 Å². The van der Waals surface area contributed by atoms with E-state index in [9.17, 15) is 4.79 Å². The van der Waals surface area contributed by atoms with Gasteiger partial charge in [0.2, 0.25) is 0 Å². The summed E-state index contributed by atoms with van der Waals surface area (Å²) in [7, 11) is 0. The number of carbonyl (C=O) groups excluding carboxylic acids is 1. The Hall–Kier alpha value is -3.34. The molecule has 142 valence electrons. The number of nitrogens with zero attached hydrogens (tertiary/aromatic N) is 3. The standard InChI is InChI=1S/C23H24N4O/c1-18-6-5-9-21(16-18)26-12-14-27(15-13-26)23(28)22-11-10-20(17-24-22)25-19-7-3-2-4-8-19/h2-11,16-17,25H,12-15H2,1H3. The van der Waals surface area contributed by atoms with E-state index in [0.717, 1.165) is 24.5 Å². The third kappa shape index (κ3) is 4.14. The number of nitrogens with one attached hydrogen (secondary N) is 1. The molecular weight excluding hydrogens is 348 g/mol. The minimum atomic E-state index is -0.00449. The number of aryl methyl sites for hydroxylation is 1. The van der Waals surface area contributed by atoms with Crippen molar-refractivity contribution in [1.82, 2.24) is 9.88 Å². The summed E-state index contributed by atoms with van der Waals surface area (Å²) in [5.74, 6) is -0.00449. The molecule has 0 aliphatic carbocycles. The summed E-state index contributed by atoms with van der Waals surface area (Å²) in [5.41, 5.74) is 4.83. The van der Waals surface area contributed by atoms with Crippen molar-refractivity contribution < 1.29 is 4.79 Å². The van der Waals surface area contributed by atoms with Gasteiger partial charge in [-0.1, -0.05) is 30.3 Å². The average Bonchev–Trinajstić information content (AvgIpc) is 2.75. The van der Waals surface area contributed by atoms with Crippen LogP contribution in [-0.4, -0.2) is 42.0 Å². The molecule has 1 aromatic heterocycles. The number of aromatic nitrogens is 1. The van der Waals surface area contributed by atoms with Gasteiger partial charge in [0.15, 0.2) is 0 Å². The first-order valence-electron chi connectivity index (χ1n) is 9.58. The van der Waals surface area contributed by atoms with Gasteiger partial charge < -0.3 is 15.1 Å². The van der Waals surface area contributed by atoms with Crippen LogP contribution >= 0.6 is 0 Å². The lowest BCUT2D eigenvalue weighted by atomic mass is 10.2. The topological polar surface area (TPSA) is 48.5 Å². The minimum Gasteiger partial charge on any atom is -0.368 e. The molecule has 1 aliphatic heterocycles. The first kappa shape index (κ1) is 18.0. The first-order chi connectivity index (χ1) is 13.7. The number of para-hydroxylation sites is 1. The predicted molar refractivity (Wildman–Crippen MR) is 113 cm³/mol. The second-order valence-electron chi connectivity index (χ2n) is 7.04. The number of hydrogen-bond acceptors (Lipinski definition) is 4. The zero-order valence-corrected chi connectivity index (χ0v) is 16.0. The van der Waals surface area contributed by atoms with Crippen LogP contribution in [0, 0.1) is 6.92 Å². The maximum absolute atomic E-state index is 12.8. The van der Waals surface area contributed by atoms with E-state index in [1.165, 1.54) is 11.3 Å². The zero-order chi connectivity index (χ0) is 19.3. The molecule has 1 amide bonds. The van der Waals surface area contributed by atoms with Crippen molar-refractivity contribution in [2.45, 2.75) is 6.92 Å². The Morgan fingerprint density at radius 3 is 2.36 bits per heavy atom. The van der Waals surface area contributed by atoms with Crippen molar-refractivity contribution in [2.24, 2.45) is 0 Å². The van der Waals surface area contributed by atoms with Crippen LogP contribution in [0.2, 0.25) is 0 Å². The van der Waals surface area contributed by atoms with Crippen molar-refractivity contribution >= 4 is 23.0 Å². The van der Waals surface area contributed by atoms with E-state index >= 15 is 0 Å². The fourth-order valence-electron chi connectivity index (χ4n) is 3.44. The number of benzene rings is 2. The second-order valence-corrected chi connectivity index (χ2v) is 7.04. The maximum Gasteiger partial charge on any atom is 0.272 e. The summed E-state index contributed by atoms with van der Waals surface area (Å²) in [6.45, 7) is 5.19. The van der Waals surface area contributed by atoms with Crippen LogP contribution in [0.25, 0.3) is 0 Å². The van der Waals surface area contributed by atoms with Gasteiger partial charge in [0.25, 0.3) is 5.91 Å². The van der Waals surface area contributed by atoms with Crippen LogP contribution < -0.4 is 10.2 Å². The number of rotatable bonds is 4. The lowest BCUT2D eigenvalue weighted by molar-refractivity contribution is 0.0741. The molecule has 2 aromatic carbocycles. The van der Waals surface area contributed by atoms with Crippen LogP contribution in [0.15, 0.2) is 72.9 Å². The Morgan fingerprint density at radius 2 is 1.68 bits per heavy atom. The Balaban J connectivity index is 1.36. The molecule has 1 aliphatic rings. The van der Waals surface area contributed by atoms with Gasteiger partial charge in [-0.3, -0.25) is 4.79 Å². The number of amides is 1. The fourth-order valence-corrected chi connectivity index (χ4v) is 3.44. The normalized spacial score (nSPS) is 14.0. The molecular formula is C23H24N4O. The summed E-state index contributed by atoms with van der Waals surface area (Å²) in [6.07, 6.45) is 1.71. The smallest absolute Gasteiger partial charge is 0.272 e. The van der Waals surface area contributed by atoms with Gasteiger partial charge in [0.1, 0.15) is 5.69 Å². The van der Waals surface area contributed by atoms with Gasteiger partial charge in [0.05, 0.1) is 11.9 Å². The van der Waals surface area contributed by atoms with Gasteiger partial charge in [0, 0.05) is 37.6 Å². The molecule has 1 N–H and O–H groups in total. The Bertz CT molecular complexity index is 932. The second kappa shape index (κ2) is 8.13. The minimum absolute atomic E-state index is 0.00449. The van der Waals surface area contributed by atoms with Crippen LogP contribution in [0.1, 0.15) is 16.1 Å². The Kier molecular flexibility index (Phi) is 5.24. The quantitative estimate of drug-likeness (QED) is 0.749. The van der Waals surface area contributed by atoms with Gasteiger partial charge in [-0.15, -0.1) is 0 Å². The number of pyridine rings is 1. The summed E-state index contributed by atoms with van der Waals surface area (Å²) >= 11 is 0. The molecule has 3 aromatic rings. The maximum atomic E-state index is 12.8. The summed E-state index contributed by atoms with van der Waals surface area (Å²) in [4.78, 5) is 21.4. The van der Waals surface area contributed by atoms with Gasteiger partial charge in [-0.25, -0.2) is 4.98 Å². The van der Waals surface area contributed by atoms with Crippen molar-refractivity contribution in [3.63, 3.8) is 0 Å². The molecule has 5 nitrogen and oxygen atoms in total. The molecule has 2 heterocycles. The van der Waals surface area contributed by atoms with Gasteiger partial charge in [-0.2, -0.15) is 0 Å². The van der Waals surface area contributed by atoms with Crippen LogP contribution in [0.5, 0.6) is 0 Å². The molecule has 1 saturated heterocycles. The lowest BCUT2D eigenvalue weighted by Crippen LogP contribution is -2.49. The van der Waals surface area contributed by atoms with Gasteiger partial charge >= 0.3 is 0 Å². The van der Waals surface area contributed by atoms with Crippen LogP contribution in [-0.2, 0) is 0 Å².